The zero-order chi connectivity index (χ0) is 11.7. The van der Waals surface area contributed by atoms with Crippen LogP contribution in [-0.4, -0.2) is 17.8 Å². The lowest BCUT2D eigenvalue weighted by molar-refractivity contribution is 0.164. The summed E-state index contributed by atoms with van der Waals surface area (Å²) in [6.45, 7) is 0.414. The lowest BCUT2D eigenvalue weighted by atomic mass is 10.2. The molecule has 1 aromatic carbocycles. The fraction of sp³-hybridized carbons (Fsp3) is 0.455. The summed E-state index contributed by atoms with van der Waals surface area (Å²) < 4.78 is 13.0. The van der Waals surface area contributed by atoms with Crippen molar-refractivity contribution in [2.24, 2.45) is 5.92 Å². The molecule has 1 fully saturated rings. The molecular weight excluding hydrogens is 231 g/mol. The molecule has 3 nitrogen and oxygen atoms in total. The Morgan fingerprint density at radius 1 is 1.56 bits per heavy atom. The Hall–Kier alpha value is -1.00. The number of benzene rings is 1. The first-order chi connectivity index (χ1) is 7.58. The third-order valence-corrected chi connectivity index (χ3v) is 3.05. The number of halogens is 2. The second kappa shape index (κ2) is 4.47. The fourth-order valence-electron chi connectivity index (χ4n) is 1.58. The minimum absolute atomic E-state index is 0.0256. The Morgan fingerprint density at radius 2 is 2.25 bits per heavy atom. The number of nitrogens with two attached hydrogens (primary N) is 1. The van der Waals surface area contributed by atoms with E-state index < -0.39 is 5.82 Å². The van der Waals surface area contributed by atoms with Crippen molar-refractivity contribution in [1.29, 1.82) is 0 Å². The molecule has 2 rings (SSSR count). The van der Waals surface area contributed by atoms with E-state index in [1.165, 1.54) is 12.1 Å². The summed E-state index contributed by atoms with van der Waals surface area (Å²) in [7, 11) is 0. The van der Waals surface area contributed by atoms with Crippen molar-refractivity contribution in [2.75, 3.05) is 17.6 Å². The van der Waals surface area contributed by atoms with Gasteiger partial charge in [0.05, 0.1) is 22.5 Å². The van der Waals surface area contributed by atoms with Gasteiger partial charge in [-0.25, -0.2) is 4.39 Å². The zero-order valence-corrected chi connectivity index (χ0v) is 9.47. The maximum Gasteiger partial charge on any atom is 0.143 e. The van der Waals surface area contributed by atoms with Crippen LogP contribution in [-0.2, 0) is 0 Å². The normalized spacial score (nSPS) is 17.2. The van der Waals surface area contributed by atoms with Crippen LogP contribution in [0.5, 0.6) is 0 Å². The van der Waals surface area contributed by atoms with Crippen LogP contribution in [0.3, 0.4) is 0 Å². The molecule has 5 heteroatoms. The lowest BCUT2D eigenvalue weighted by Gasteiger charge is -2.13. The van der Waals surface area contributed by atoms with E-state index in [0.29, 0.717) is 23.8 Å². The summed E-state index contributed by atoms with van der Waals surface area (Å²) in [5.74, 6) is -0.142. The smallest absolute Gasteiger partial charge is 0.143 e. The third kappa shape index (κ3) is 2.57. The molecule has 0 bridgehead atoms. The topological polar surface area (TPSA) is 58.3 Å². The van der Waals surface area contributed by atoms with Crippen LogP contribution in [0.15, 0.2) is 12.1 Å². The Labute approximate surface area is 98.4 Å². The predicted molar refractivity (Wildman–Crippen MR) is 63.0 cm³/mol. The van der Waals surface area contributed by atoms with Gasteiger partial charge in [-0.15, -0.1) is 0 Å². The predicted octanol–water partition coefficient (Wildman–Crippen LogP) is 2.24. The molecule has 0 spiro atoms. The first kappa shape index (κ1) is 11.5. The first-order valence-corrected chi connectivity index (χ1v) is 5.62. The van der Waals surface area contributed by atoms with E-state index in [9.17, 15) is 9.50 Å². The van der Waals surface area contributed by atoms with E-state index in [2.05, 4.69) is 5.32 Å². The van der Waals surface area contributed by atoms with Gasteiger partial charge >= 0.3 is 0 Å². The highest BCUT2D eigenvalue weighted by Gasteiger charge is 2.29. The average Bonchev–Trinajstić information content (AvgIpc) is 3.04. The maximum atomic E-state index is 13.0. The van der Waals surface area contributed by atoms with Gasteiger partial charge < -0.3 is 16.2 Å². The fourth-order valence-corrected chi connectivity index (χ4v) is 1.74. The Bertz CT molecular complexity index is 396. The highest BCUT2D eigenvalue weighted by atomic mass is 35.5. The van der Waals surface area contributed by atoms with Crippen LogP contribution >= 0.6 is 11.6 Å². The summed E-state index contributed by atoms with van der Waals surface area (Å²) in [5, 5.41) is 12.7. The number of nitrogens with one attached hydrogen (secondary N) is 1. The van der Waals surface area contributed by atoms with E-state index in [1.807, 2.05) is 0 Å². The van der Waals surface area contributed by atoms with Crippen molar-refractivity contribution in [3.05, 3.63) is 23.0 Å². The number of nitrogen functional groups attached to an aromatic ring is 1. The molecule has 1 unspecified atom stereocenters. The van der Waals surface area contributed by atoms with Crippen molar-refractivity contribution in [3.63, 3.8) is 0 Å². The Kier molecular flexibility index (Phi) is 3.21. The minimum atomic E-state index is -0.535. The van der Waals surface area contributed by atoms with E-state index in [4.69, 9.17) is 17.3 Å². The molecule has 1 aromatic rings. The zero-order valence-electron chi connectivity index (χ0n) is 8.71. The molecule has 0 saturated heterocycles. The van der Waals surface area contributed by atoms with Crippen molar-refractivity contribution in [1.82, 2.24) is 0 Å². The molecule has 88 valence electrons. The number of rotatable bonds is 4. The summed E-state index contributed by atoms with van der Waals surface area (Å²) in [6.07, 6.45) is 1.77. The molecule has 4 N–H and O–H groups in total. The molecule has 16 heavy (non-hydrogen) atoms. The number of hydrogen-bond acceptors (Lipinski definition) is 3. The van der Waals surface area contributed by atoms with Crippen molar-refractivity contribution in [2.45, 2.75) is 18.9 Å². The molecule has 1 aliphatic rings. The van der Waals surface area contributed by atoms with Gasteiger partial charge in [0.25, 0.3) is 0 Å². The van der Waals surface area contributed by atoms with Gasteiger partial charge in [-0.2, -0.15) is 0 Å². The van der Waals surface area contributed by atoms with Gasteiger partial charge in [0.15, 0.2) is 0 Å². The van der Waals surface area contributed by atoms with Crippen LogP contribution in [0.1, 0.15) is 12.8 Å². The molecule has 0 amide bonds. The highest BCUT2D eigenvalue weighted by molar-refractivity contribution is 6.31. The molecule has 0 heterocycles. The maximum absolute atomic E-state index is 13.0. The minimum Gasteiger partial charge on any atom is -0.397 e. The number of aliphatic hydroxyl groups excluding tert-OH is 1. The van der Waals surface area contributed by atoms with E-state index >= 15 is 0 Å². The first-order valence-electron chi connectivity index (χ1n) is 5.24. The molecule has 1 saturated carbocycles. The Morgan fingerprint density at radius 3 is 2.88 bits per heavy atom. The summed E-state index contributed by atoms with van der Waals surface area (Å²) in [5.41, 5.74) is 6.48. The molecule has 1 atom stereocenters. The molecule has 0 aliphatic heterocycles. The summed E-state index contributed by atoms with van der Waals surface area (Å²) in [6, 6.07) is 2.61. The van der Waals surface area contributed by atoms with E-state index in [-0.39, 0.29) is 11.1 Å². The molecule has 0 aromatic heterocycles. The van der Waals surface area contributed by atoms with Crippen LogP contribution in [0.4, 0.5) is 15.8 Å². The van der Waals surface area contributed by atoms with Crippen LogP contribution in [0.25, 0.3) is 0 Å². The van der Waals surface area contributed by atoms with Crippen molar-refractivity contribution in [3.8, 4) is 0 Å². The quantitative estimate of drug-likeness (QED) is 0.712. The molecule has 1 aliphatic carbocycles. The van der Waals surface area contributed by atoms with Crippen LogP contribution < -0.4 is 11.1 Å². The van der Waals surface area contributed by atoms with Gasteiger partial charge in [-0.05, 0) is 24.8 Å². The number of hydrogen-bond donors (Lipinski definition) is 3. The standard InChI is InChI=1S/C11H14ClFN2O/c12-7-3-10(9(14)4-8(7)13)15-5-11(16)6-1-2-6/h3-4,6,11,15-16H,1-2,5,14H2. The summed E-state index contributed by atoms with van der Waals surface area (Å²) >= 11 is 5.64. The van der Waals surface area contributed by atoms with Crippen LogP contribution in [0, 0.1) is 11.7 Å². The van der Waals surface area contributed by atoms with Gasteiger partial charge in [0.2, 0.25) is 0 Å². The second-order valence-electron chi connectivity index (χ2n) is 4.14. The van der Waals surface area contributed by atoms with Crippen LogP contribution in [0.2, 0.25) is 5.02 Å². The van der Waals surface area contributed by atoms with Gasteiger partial charge in [0.1, 0.15) is 5.82 Å². The lowest BCUT2D eigenvalue weighted by Crippen LogP contribution is -2.21. The van der Waals surface area contributed by atoms with Gasteiger partial charge in [-0.3, -0.25) is 0 Å². The number of aliphatic hydroxyl groups is 1. The molecule has 0 radical (unpaired) electrons. The monoisotopic (exact) mass is 244 g/mol. The Balaban J connectivity index is 2.00. The SMILES string of the molecule is Nc1cc(F)c(Cl)cc1NCC(O)C1CC1. The van der Waals surface area contributed by atoms with Crippen molar-refractivity contribution >= 4 is 23.0 Å². The second-order valence-corrected chi connectivity index (χ2v) is 4.55. The highest BCUT2D eigenvalue weighted by Crippen LogP contribution is 2.33. The van der Waals surface area contributed by atoms with Crippen molar-refractivity contribution < 1.29 is 9.50 Å². The largest absolute Gasteiger partial charge is 0.397 e. The van der Waals surface area contributed by atoms with E-state index in [0.717, 1.165) is 12.8 Å². The van der Waals surface area contributed by atoms with Gasteiger partial charge in [0, 0.05) is 12.6 Å². The third-order valence-electron chi connectivity index (χ3n) is 2.76. The average molecular weight is 245 g/mol. The molecular formula is C11H14ClFN2O. The summed E-state index contributed by atoms with van der Waals surface area (Å²) in [4.78, 5) is 0. The van der Waals surface area contributed by atoms with Gasteiger partial charge in [-0.1, -0.05) is 11.6 Å². The number of anilines is 2. The van der Waals surface area contributed by atoms with E-state index in [1.54, 1.807) is 0 Å².